The van der Waals surface area contributed by atoms with Gasteiger partial charge in [0.1, 0.15) is 11.5 Å². The summed E-state index contributed by atoms with van der Waals surface area (Å²) in [6.07, 6.45) is 1.30. The highest BCUT2D eigenvalue weighted by Gasteiger charge is 2.17. The summed E-state index contributed by atoms with van der Waals surface area (Å²) in [5.74, 6) is 0.179. The van der Waals surface area contributed by atoms with E-state index in [4.69, 9.17) is 0 Å². The molecule has 1 amide bonds. The minimum Gasteiger partial charge on any atom is -0.508 e. The number of nitrogens with zero attached hydrogens (tertiary/aromatic N) is 4. The highest BCUT2D eigenvalue weighted by molar-refractivity contribution is 9.10. The van der Waals surface area contributed by atoms with E-state index < -0.39 is 0 Å². The summed E-state index contributed by atoms with van der Waals surface area (Å²) in [6.45, 7) is 0. The molecule has 0 radical (unpaired) electrons. The number of carbonyl (C=O) groups excluding carboxylic acids is 1. The Labute approximate surface area is 202 Å². The number of hydrogen-bond donors (Lipinski definition) is 3. The third kappa shape index (κ3) is 5.60. The first-order valence-corrected chi connectivity index (χ1v) is 11.5. The van der Waals surface area contributed by atoms with Crippen molar-refractivity contribution in [3.8, 4) is 28.6 Å². The summed E-state index contributed by atoms with van der Waals surface area (Å²) >= 11 is 4.67. The first-order chi connectivity index (χ1) is 16.0. The van der Waals surface area contributed by atoms with Crippen LogP contribution in [0, 0.1) is 0 Å². The quantitative estimate of drug-likeness (QED) is 0.188. The van der Waals surface area contributed by atoms with Gasteiger partial charge in [-0.3, -0.25) is 9.36 Å². The van der Waals surface area contributed by atoms with Crippen LogP contribution in [0.5, 0.6) is 11.5 Å². The van der Waals surface area contributed by atoms with Crippen LogP contribution in [-0.4, -0.2) is 42.9 Å². The van der Waals surface area contributed by atoms with Crippen LogP contribution in [0.2, 0.25) is 0 Å². The number of carbonyl (C=O) groups is 1. The second-order valence-corrected chi connectivity index (χ2v) is 8.67. The first-order valence-electron chi connectivity index (χ1n) is 9.75. The SMILES string of the molecule is O=C(CSc1nnc(-c2ccc(Br)cc2)n1-c1ccccc1)NN=Cc1ccc(O)cc1O. The zero-order valence-corrected chi connectivity index (χ0v) is 19.5. The molecule has 0 aliphatic carbocycles. The molecule has 3 N–H and O–H groups in total. The van der Waals surface area contributed by atoms with Gasteiger partial charge in [0.05, 0.1) is 12.0 Å². The van der Waals surface area contributed by atoms with Crippen molar-refractivity contribution in [3.63, 3.8) is 0 Å². The fourth-order valence-corrected chi connectivity index (χ4v) is 3.95. The van der Waals surface area contributed by atoms with Crippen molar-refractivity contribution in [2.45, 2.75) is 5.16 Å². The average Bonchev–Trinajstić information content (AvgIpc) is 3.24. The van der Waals surface area contributed by atoms with Crippen molar-refractivity contribution >= 4 is 39.8 Å². The number of amides is 1. The molecule has 0 unspecified atom stereocenters. The number of thioether (sulfide) groups is 1. The molecule has 166 valence electrons. The van der Waals surface area contributed by atoms with E-state index >= 15 is 0 Å². The molecule has 0 aliphatic rings. The largest absolute Gasteiger partial charge is 0.508 e. The van der Waals surface area contributed by atoms with Crippen molar-refractivity contribution in [1.29, 1.82) is 0 Å². The summed E-state index contributed by atoms with van der Waals surface area (Å²) < 4.78 is 2.86. The number of rotatable bonds is 7. The maximum Gasteiger partial charge on any atom is 0.250 e. The smallest absolute Gasteiger partial charge is 0.250 e. The molecule has 8 nitrogen and oxygen atoms in total. The molecule has 4 rings (SSSR count). The van der Waals surface area contributed by atoms with E-state index in [1.807, 2.05) is 59.2 Å². The zero-order chi connectivity index (χ0) is 23.2. The van der Waals surface area contributed by atoms with Crippen LogP contribution in [0.25, 0.3) is 17.1 Å². The lowest BCUT2D eigenvalue weighted by atomic mass is 10.2. The van der Waals surface area contributed by atoms with Crippen LogP contribution in [0.3, 0.4) is 0 Å². The summed E-state index contributed by atoms with van der Waals surface area (Å²) in [5.41, 5.74) is 4.56. The molecule has 4 aromatic rings. The van der Waals surface area contributed by atoms with Gasteiger partial charge in [-0.15, -0.1) is 10.2 Å². The molecular weight excluding hydrogens is 506 g/mol. The minimum absolute atomic E-state index is 0.0597. The fourth-order valence-electron chi connectivity index (χ4n) is 2.94. The van der Waals surface area contributed by atoms with Gasteiger partial charge >= 0.3 is 0 Å². The van der Waals surface area contributed by atoms with Gasteiger partial charge in [-0.05, 0) is 36.4 Å². The number of nitrogens with one attached hydrogen (secondary N) is 1. The second kappa shape index (κ2) is 10.3. The van der Waals surface area contributed by atoms with Crippen molar-refractivity contribution in [2.24, 2.45) is 5.10 Å². The van der Waals surface area contributed by atoms with E-state index in [1.54, 1.807) is 0 Å². The van der Waals surface area contributed by atoms with Crippen LogP contribution in [0.15, 0.2) is 87.5 Å². The number of aromatic nitrogens is 3. The lowest BCUT2D eigenvalue weighted by molar-refractivity contribution is -0.118. The minimum atomic E-state index is -0.345. The third-order valence-electron chi connectivity index (χ3n) is 4.49. The summed E-state index contributed by atoms with van der Waals surface area (Å²) in [6, 6.07) is 21.5. The fraction of sp³-hybridized carbons (Fsp3) is 0.0435. The normalized spacial score (nSPS) is 11.1. The van der Waals surface area contributed by atoms with E-state index in [-0.39, 0.29) is 23.2 Å². The molecular formula is C23H18BrN5O3S. The predicted molar refractivity (Wildman–Crippen MR) is 131 cm³/mol. The summed E-state index contributed by atoms with van der Waals surface area (Å²) in [7, 11) is 0. The van der Waals surface area contributed by atoms with Crippen LogP contribution >= 0.6 is 27.7 Å². The van der Waals surface area contributed by atoms with Gasteiger partial charge in [0.25, 0.3) is 5.91 Å². The Morgan fingerprint density at radius 3 is 2.55 bits per heavy atom. The standard InChI is InChI=1S/C23H18BrN5O3S/c24-17-9-6-15(7-10-17)22-27-28-23(29(22)18-4-2-1-3-5-18)33-14-21(32)26-25-13-16-8-11-19(30)12-20(16)31/h1-13,30-31H,14H2,(H,26,32). The van der Waals surface area contributed by atoms with Gasteiger partial charge < -0.3 is 10.2 Å². The Bertz CT molecular complexity index is 1290. The molecule has 0 saturated heterocycles. The topological polar surface area (TPSA) is 113 Å². The monoisotopic (exact) mass is 523 g/mol. The van der Waals surface area contributed by atoms with E-state index in [9.17, 15) is 15.0 Å². The number of halogens is 1. The first kappa shape index (κ1) is 22.6. The maximum absolute atomic E-state index is 12.3. The van der Waals surface area contributed by atoms with Gasteiger partial charge in [-0.1, -0.05) is 58.0 Å². The summed E-state index contributed by atoms with van der Waals surface area (Å²) in [4.78, 5) is 12.3. The van der Waals surface area contributed by atoms with Crippen LogP contribution < -0.4 is 5.43 Å². The number of benzene rings is 3. The van der Waals surface area contributed by atoms with Crippen LogP contribution in [-0.2, 0) is 4.79 Å². The Hall–Kier alpha value is -3.63. The molecule has 33 heavy (non-hydrogen) atoms. The Morgan fingerprint density at radius 2 is 1.82 bits per heavy atom. The van der Waals surface area contributed by atoms with Crippen LogP contribution in [0.1, 0.15) is 5.56 Å². The van der Waals surface area contributed by atoms with Crippen molar-refractivity contribution in [1.82, 2.24) is 20.2 Å². The molecule has 0 saturated carbocycles. The highest BCUT2D eigenvalue weighted by atomic mass is 79.9. The molecule has 10 heteroatoms. The number of aromatic hydroxyl groups is 2. The Kier molecular flexibility index (Phi) is 7.06. The van der Waals surface area contributed by atoms with E-state index in [0.717, 1.165) is 15.7 Å². The molecule has 0 aliphatic heterocycles. The van der Waals surface area contributed by atoms with Gasteiger partial charge in [-0.2, -0.15) is 5.10 Å². The number of hydrazone groups is 1. The lowest BCUT2D eigenvalue weighted by Gasteiger charge is -2.10. The van der Waals surface area contributed by atoms with Crippen molar-refractivity contribution < 1.29 is 15.0 Å². The van der Waals surface area contributed by atoms with E-state index in [0.29, 0.717) is 16.5 Å². The number of hydrogen-bond acceptors (Lipinski definition) is 7. The molecule has 1 aromatic heterocycles. The zero-order valence-electron chi connectivity index (χ0n) is 17.1. The van der Waals surface area contributed by atoms with E-state index in [2.05, 4.69) is 36.7 Å². The van der Waals surface area contributed by atoms with Gasteiger partial charge in [0.2, 0.25) is 0 Å². The van der Waals surface area contributed by atoms with E-state index in [1.165, 1.54) is 36.2 Å². The maximum atomic E-state index is 12.3. The number of phenols is 2. The summed E-state index contributed by atoms with van der Waals surface area (Å²) in [5, 5.41) is 32.2. The molecule has 0 atom stereocenters. The molecule has 0 fully saturated rings. The highest BCUT2D eigenvalue weighted by Crippen LogP contribution is 2.28. The average molecular weight is 524 g/mol. The van der Waals surface area contributed by atoms with Crippen molar-refractivity contribution in [3.05, 3.63) is 82.8 Å². The van der Waals surface area contributed by atoms with Gasteiger partial charge in [0.15, 0.2) is 11.0 Å². The molecule has 3 aromatic carbocycles. The lowest BCUT2D eigenvalue weighted by Crippen LogP contribution is -2.20. The number of phenolic OH excluding ortho intramolecular Hbond substituents is 2. The Balaban J connectivity index is 1.49. The van der Waals surface area contributed by atoms with Crippen molar-refractivity contribution in [2.75, 3.05) is 5.75 Å². The van der Waals surface area contributed by atoms with Gasteiger partial charge in [-0.25, -0.2) is 5.43 Å². The third-order valence-corrected chi connectivity index (χ3v) is 5.95. The number of para-hydroxylation sites is 1. The van der Waals surface area contributed by atoms with Gasteiger partial charge in [0, 0.05) is 27.4 Å². The Morgan fingerprint density at radius 1 is 1.06 bits per heavy atom. The van der Waals surface area contributed by atoms with Crippen LogP contribution in [0.4, 0.5) is 0 Å². The predicted octanol–water partition coefficient (Wildman–Crippen LogP) is 4.35. The second-order valence-electron chi connectivity index (χ2n) is 6.81. The molecule has 0 bridgehead atoms. The molecule has 0 spiro atoms. The molecule has 1 heterocycles.